The largest absolute Gasteiger partial charge is 0.497 e. The smallest absolute Gasteiger partial charge is 0.282 e. The molecule has 0 bridgehead atoms. The molecule has 1 aliphatic heterocycles. The van der Waals surface area contributed by atoms with Gasteiger partial charge in [0, 0.05) is 25.3 Å². The molecule has 9 heteroatoms. The molecule has 1 fully saturated rings. The Morgan fingerprint density at radius 2 is 1.83 bits per heavy atom. The van der Waals surface area contributed by atoms with Gasteiger partial charge in [0.15, 0.2) is 0 Å². The van der Waals surface area contributed by atoms with Crippen LogP contribution in [-0.2, 0) is 21.5 Å². The van der Waals surface area contributed by atoms with E-state index in [1.54, 1.807) is 38.3 Å². The molecular weight excluding hydrogens is 397 g/mol. The fourth-order valence-corrected chi connectivity index (χ4v) is 4.74. The maximum atomic E-state index is 13.6. The van der Waals surface area contributed by atoms with E-state index in [9.17, 15) is 17.6 Å². The molecule has 0 unspecified atom stereocenters. The van der Waals surface area contributed by atoms with E-state index in [1.807, 2.05) is 12.1 Å². The average molecular weight is 421 g/mol. The molecule has 0 aliphatic carbocycles. The molecule has 1 N–H and O–H groups in total. The third-order valence-corrected chi connectivity index (χ3v) is 6.69. The highest BCUT2D eigenvalue weighted by atomic mass is 32.2. The lowest BCUT2D eigenvalue weighted by molar-refractivity contribution is -0.116. The fourth-order valence-electron chi connectivity index (χ4n) is 3.10. The first-order valence-electron chi connectivity index (χ1n) is 9.24. The first-order chi connectivity index (χ1) is 13.8. The maximum absolute atomic E-state index is 13.6. The average Bonchev–Trinajstić information content (AvgIpc) is 2.68. The van der Waals surface area contributed by atoms with Gasteiger partial charge >= 0.3 is 0 Å². The Labute approximate surface area is 170 Å². The van der Waals surface area contributed by atoms with E-state index in [0.29, 0.717) is 30.0 Å². The summed E-state index contributed by atoms with van der Waals surface area (Å²) in [5.41, 5.74) is 1.59. The van der Waals surface area contributed by atoms with E-state index in [-0.39, 0.29) is 19.6 Å². The van der Waals surface area contributed by atoms with E-state index in [2.05, 4.69) is 5.32 Å². The van der Waals surface area contributed by atoms with Crippen LogP contribution in [0.1, 0.15) is 17.5 Å². The number of nitrogens with one attached hydrogen (secondary N) is 1. The van der Waals surface area contributed by atoms with E-state index < -0.39 is 21.9 Å². The Kier molecular flexibility index (Phi) is 6.51. The molecule has 0 spiro atoms. The van der Waals surface area contributed by atoms with Gasteiger partial charge in [0.1, 0.15) is 11.6 Å². The first-order valence-corrected chi connectivity index (χ1v) is 10.6. The molecule has 0 radical (unpaired) electrons. The summed E-state index contributed by atoms with van der Waals surface area (Å²) in [5.74, 6) is -0.247. The van der Waals surface area contributed by atoms with Crippen molar-refractivity contribution in [3.8, 4) is 5.75 Å². The van der Waals surface area contributed by atoms with Crippen LogP contribution in [0.4, 0.5) is 10.1 Å². The Morgan fingerprint density at radius 1 is 1.14 bits per heavy atom. The molecule has 7 nitrogen and oxygen atoms in total. The molecule has 2 aromatic rings. The summed E-state index contributed by atoms with van der Waals surface area (Å²) in [6.45, 7) is 2.16. The number of nitrogens with zero attached hydrogens (tertiary/aromatic N) is 2. The molecule has 156 valence electrons. The molecule has 0 atom stereocenters. The predicted octanol–water partition coefficient (Wildman–Crippen LogP) is 2.53. The van der Waals surface area contributed by atoms with Crippen LogP contribution in [0.25, 0.3) is 0 Å². The highest BCUT2D eigenvalue weighted by Gasteiger charge is 2.34. The number of hydrogen-bond donors (Lipinski definition) is 1. The number of carbonyl (C=O) groups is 1. The topological polar surface area (TPSA) is 79.0 Å². The van der Waals surface area contributed by atoms with Gasteiger partial charge in [-0.15, -0.1) is 0 Å². The van der Waals surface area contributed by atoms with Crippen LogP contribution in [0.5, 0.6) is 5.75 Å². The van der Waals surface area contributed by atoms with Crippen LogP contribution in [0.3, 0.4) is 0 Å². The van der Waals surface area contributed by atoms with Gasteiger partial charge < -0.3 is 10.1 Å². The lowest BCUT2D eigenvalue weighted by Gasteiger charge is -2.34. The maximum Gasteiger partial charge on any atom is 0.282 e. The standard InChI is InChI=1S/C20H24FN3O4S/c1-15-4-7-17(12-19(15)21)22-20(25)14-24-11-3-10-23(29(24,26)27)13-16-5-8-18(28-2)9-6-16/h4-9,12H,3,10-11,13-14H2,1-2H3,(H,22,25). The third-order valence-electron chi connectivity index (χ3n) is 4.76. The number of hydrogen-bond acceptors (Lipinski definition) is 4. The van der Waals surface area contributed by atoms with Crippen molar-refractivity contribution in [2.24, 2.45) is 0 Å². The minimum Gasteiger partial charge on any atom is -0.497 e. The molecule has 1 saturated heterocycles. The van der Waals surface area contributed by atoms with Crippen LogP contribution >= 0.6 is 0 Å². The molecule has 1 amide bonds. The molecule has 29 heavy (non-hydrogen) atoms. The van der Waals surface area contributed by atoms with Gasteiger partial charge in [-0.1, -0.05) is 18.2 Å². The second kappa shape index (κ2) is 8.89. The molecular formula is C20H24FN3O4S. The highest BCUT2D eigenvalue weighted by molar-refractivity contribution is 7.86. The lowest BCUT2D eigenvalue weighted by atomic mass is 10.2. The van der Waals surface area contributed by atoms with Gasteiger partial charge in [-0.3, -0.25) is 4.79 Å². The van der Waals surface area contributed by atoms with Crippen molar-refractivity contribution in [1.29, 1.82) is 0 Å². The molecule has 3 rings (SSSR count). The highest BCUT2D eigenvalue weighted by Crippen LogP contribution is 2.21. The number of methoxy groups -OCH3 is 1. The number of benzene rings is 2. The first kappa shape index (κ1) is 21.2. The summed E-state index contributed by atoms with van der Waals surface area (Å²) >= 11 is 0. The Morgan fingerprint density at radius 3 is 2.48 bits per heavy atom. The summed E-state index contributed by atoms with van der Waals surface area (Å²) in [6.07, 6.45) is 0.613. The number of amides is 1. The molecule has 1 heterocycles. The molecule has 1 aliphatic rings. The second-order valence-electron chi connectivity index (χ2n) is 6.89. The zero-order valence-electron chi connectivity index (χ0n) is 16.4. The SMILES string of the molecule is COc1ccc(CN2CCCN(CC(=O)Nc3ccc(C)c(F)c3)S2(=O)=O)cc1. The number of anilines is 1. The molecule has 2 aromatic carbocycles. The zero-order chi connectivity index (χ0) is 21.0. The van der Waals surface area contributed by atoms with Crippen LogP contribution < -0.4 is 10.1 Å². The quantitative estimate of drug-likeness (QED) is 0.778. The Bertz CT molecular complexity index is 980. The van der Waals surface area contributed by atoms with E-state index >= 15 is 0 Å². The minimum absolute atomic E-state index is 0.216. The second-order valence-corrected chi connectivity index (χ2v) is 8.82. The van der Waals surface area contributed by atoms with Crippen LogP contribution in [0.15, 0.2) is 42.5 Å². The van der Waals surface area contributed by atoms with Crippen molar-refractivity contribution in [1.82, 2.24) is 8.61 Å². The van der Waals surface area contributed by atoms with Gasteiger partial charge in [0.05, 0.1) is 13.7 Å². The van der Waals surface area contributed by atoms with Crippen LogP contribution in [0.2, 0.25) is 0 Å². The predicted molar refractivity (Wildman–Crippen MR) is 108 cm³/mol. The summed E-state index contributed by atoms with van der Waals surface area (Å²) < 4.78 is 47.1. The minimum atomic E-state index is -3.78. The van der Waals surface area contributed by atoms with Crippen molar-refractivity contribution >= 4 is 21.8 Å². The van der Waals surface area contributed by atoms with Gasteiger partial charge in [-0.05, 0) is 48.7 Å². The summed E-state index contributed by atoms with van der Waals surface area (Å²) in [6, 6.07) is 11.5. The van der Waals surface area contributed by atoms with Gasteiger partial charge in [0.2, 0.25) is 5.91 Å². The Balaban J connectivity index is 1.65. The van der Waals surface area contributed by atoms with E-state index in [4.69, 9.17) is 4.74 Å². The van der Waals surface area contributed by atoms with Crippen molar-refractivity contribution in [2.75, 3.05) is 32.1 Å². The zero-order valence-corrected chi connectivity index (χ0v) is 17.2. The number of aryl methyl sites for hydroxylation is 1. The van der Waals surface area contributed by atoms with Gasteiger partial charge in [-0.25, -0.2) is 4.39 Å². The molecule has 0 aromatic heterocycles. The summed E-state index contributed by atoms with van der Waals surface area (Å²) in [4.78, 5) is 12.3. The van der Waals surface area contributed by atoms with E-state index in [1.165, 1.54) is 10.4 Å². The van der Waals surface area contributed by atoms with Crippen molar-refractivity contribution in [3.05, 3.63) is 59.4 Å². The van der Waals surface area contributed by atoms with Crippen molar-refractivity contribution in [3.63, 3.8) is 0 Å². The third kappa shape index (κ3) is 5.11. The van der Waals surface area contributed by atoms with Gasteiger partial charge in [-0.2, -0.15) is 17.0 Å². The summed E-state index contributed by atoms with van der Waals surface area (Å²) in [5, 5.41) is 2.55. The Hall–Kier alpha value is -2.49. The number of rotatable bonds is 6. The van der Waals surface area contributed by atoms with Crippen molar-refractivity contribution < 1.29 is 22.3 Å². The van der Waals surface area contributed by atoms with Crippen molar-refractivity contribution in [2.45, 2.75) is 19.9 Å². The number of carbonyl (C=O) groups excluding carboxylic acids is 1. The lowest BCUT2D eigenvalue weighted by Crippen LogP contribution is -2.51. The van der Waals surface area contributed by atoms with Gasteiger partial charge in [0.25, 0.3) is 10.2 Å². The van der Waals surface area contributed by atoms with E-state index in [0.717, 1.165) is 9.87 Å². The van der Waals surface area contributed by atoms with Crippen LogP contribution in [-0.4, -0.2) is 49.7 Å². The monoisotopic (exact) mass is 421 g/mol. The van der Waals surface area contributed by atoms with Crippen LogP contribution in [0, 0.1) is 12.7 Å². The number of halogens is 1. The fraction of sp³-hybridized carbons (Fsp3) is 0.350. The molecule has 0 saturated carbocycles. The summed E-state index contributed by atoms with van der Waals surface area (Å²) in [7, 11) is -2.21. The normalized spacial score (nSPS) is 17.1. The number of ether oxygens (including phenoxy) is 1.